The van der Waals surface area contributed by atoms with Crippen molar-refractivity contribution < 1.29 is 9.72 Å². The largest absolute Gasteiger partial charge is 0.272 e. The zero-order valence-electron chi connectivity index (χ0n) is 18.3. The number of carbonyl (C=O) groups excluding carboxylic acids is 1. The number of nitrogens with zero attached hydrogens (tertiary/aromatic N) is 6. The van der Waals surface area contributed by atoms with E-state index in [4.69, 9.17) is 0 Å². The van der Waals surface area contributed by atoms with Crippen LogP contribution in [0.2, 0.25) is 0 Å². The van der Waals surface area contributed by atoms with Gasteiger partial charge in [0.2, 0.25) is 0 Å². The van der Waals surface area contributed by atoms with Crippen molar-refractivity contribution in [3.63, 3.8) is 0 Å². The van der Waals surface area contributed by atoms with Gasteiger partial charge in [-0.05, 0) is 61.0 Å². The summed E-state index contributed by atoms with van der Waals surface area (Å²) < 4.78 is 2.82. The van der Waals surface area contributed by atoms with Crippen LogP contribution in [0.1, 0.15) is 12.5 Å². The molecule has 0 radical (unpaired) electrons. The molecule has 176 valence electrons. The normalized spacial score (nSPS) is 11.3. The van der Waals surface area contributed by atoms with Crippen molar-refractivity contribution in [2.45, 2.75) is 12.1 Å². The zero-order valence-corrected chi connectivity index (χ0v) is 20.7. The predicted octanol–water partition coefficient (Wildman–Crippen LogP) is 4.63. The molecule has 0 atom stereocenters. The Morgan fingerprint density at radius 3 is 2.43 bits per heavy atom. The van der Waals surface area contributed by atoms with Crippen LogP contribution < -0.4 is 5.43 Å². The van der Waals surface area contributed by atoms with Crippen LogP contribution in [-0.2, 0) is 4.79 Å². The maximum Gasteiger partial charge on any atom is 0.269 e. The molecule has 2 aromatic carbocycles. The highest BCUT2D eigenvalue weighted by Crippen LogP contribution is 2.28. The molecule has 0 aliphatic carbocycles. The molecule has 0 aliphatic heterocycles. The van der Waals surface area contributed by atoms with Crippen LogP contribution in [0.3, 0.4) is 0 Å². The molecule has 4 aromatic rings. The molecule has 2 heterocycles. The summed E-state index contributed by atoms with van der Waals surface area (Å²) in [6.07, 6.45) is 3.36. The summed E-state index contributed by atoms with van der Waals surface area (Å²) in [6.45, 7) is 1.71. The third-order valence-corrected chi connectivity index (χ3v) is 6.29. The number of rotatable bonds is 8. The predicted molar refractivity (Wildman–Crippen MR) is 136 cm³/mol. The minimum Gasteiger partial charge on any atom is -0.272 e. The molecule has 12 heteroatoms. The van der Waals surface area contributed by atoms with Crippen LogP contribution in [0.15, 0.2) is 87.8 Å². The van der Waals surface area contributed by atoms with Crippen molar-refractivity contribution in [2.75, 3.05) is 5.75 Å². The Kier molecular flexibility index (Phi) is 7.63. The van der Waals surface area contributed by atoms with Gasteiger partial charge in [-0.2, -0.15) is 5.10 Å². The maximum absolute atomic E-state index is 12.5. The average Bonchev–Trinajstić information content (AvgIpc) is 3.31. The molecule has 0 fully saturated rings. The monoisotopic (exact) mass is 551 g/mol. The second kappa shape index (κ2) is 11.0. The first kappa shape index (κ1) is 24.2. The van der Waals surface area contributed by atoms with E-state index in [0.29, 0.717) is 22.3 Å². The number of benzene rings is 2. The van der Waals surface area contributed by atoms with Crippen LogP contribution >= 0.6 is 27.7 Å². The molecular formula is C23H18BrN7O3S. The summed E-state index contributed by atoms with van der Waals surface area (Å²) in [7, 11) is 0. The molecule has 1 N–H and O–H groups in total. The minimum absolute atomic E-state index is 0.0111. The number of thioether (sulfide) groups is 1. The highest BCUT2D eigenvalue weighted by Gasteiger charge is 2.17. The van der Waals surface area contributed by atoms with Gasteiger partial charge in [-0.25, -0.2) is 5.43 Å². The van der Waals surface area contributed by atoms with Crippen molar-refractivity contribution in [3.8, 4) is 17.1 Å². The van der Waals surface area contributed by atoms with E-state index in [0.717, 1.165) is 15.7 Å². The van der Waals surface area contributed by atoms with Crippen LogP contribution in [0, 0.1) is 10.1 Å². The van der Waals surface area contributed by atoms with E-state index < -0.39 is 4.92 Å². The number of hydrazone groups is 1. The van der Waals surface area contributed by atoms with Gasteiger partial charge < -0.3 is 0 Å². The summed E-state index contributed by atoms with van der Waals surface area (Å²) in [5.74, 6) is 0.360. The highest BCUT2D eigenvalue weighted by atomic mass is 79.9. The first-order valence-electron chi connectivity index (χ1n) is 10.2. The quantitative estimate of drug-likeness (QED) is 0.146. The molecular weight excluding hydrogens is 534 g/mol. The highest BCUT2D eigenvalue weighted by molar-refractivity contribution is 9.10. The van der Waals surface area contributed by atoms with Gasteiger partial charge in [0, 0.05) is 40.2 Å². The lowest BCUT2D eigenvalue weighted by molar-refractivity contribution is -0.384. The van der Waals surface area contributed by atoms with E-state index in [1.165, 1.54) is 23.9 Å². The number of nitro groups is 1. The van der Waals surface area contributed by atoms with Gasteiger partial charge >= 0.3 is 0 Å². The number of pyridine rings is 1. The number of hydrogen-bond donors (Lipinski definition) is 1. The van der Waals surface area contributed by atoms with E-state index in [2.05, 4.69) is 41.6 Å². The van der Waals surface area contributed by atoms with Crippen molar-refractivity contribution in [2.24, 2.45) is 5.10 Å². The Hall–Kier alpha value is -3.90. The number of hydrogen-bond acceptors (Lipinski definition) is 8. The van der Waals surface area contributed by atoms with Crippen LogP contribution in [0.25, 0.3) is 17.1 Å². The lowest BCUT2D eigenvalue weighted by Gasteiger charge is -2.10. The SMILES string of the molecule is C/C(=N/NC(=O)CSc1nnc(-c2ccncc2)n1-c1ccc(Br)cc1)c1ccc([N+](=O)[O-])cc1. The Bertz CT molecular complexity index is 1370. The van der Waals surface area contributed by atoms with E-state index in [1.54, 1.807) is 31.5 Å². The molecule has 0 saturated heterocycles. The molecule has 35 heavy (non-hydrogen) atoms. The van der Waals surface area contributed by atoms with Gasteiger partial charge in [0.1, 0.15) is 0 Å². The van der Waals surface area contributed by atoms with E-state index in [-0.39, 0.29) is 17.3 Å². The molecule has 0 unspecified atom stereocenters. The smallest absolute Gasteiger partial charge is 0.269 e. The number of amides is 1. The summed E-state index contributed by atoms with van der Waals surface area (Å²) in [5.41, 5.74) is 5.39. The van der Waals surface area contributed by atoms with Crippen molar-refractivity contribution in [1.82, 2.24) is 25.2 Å². The second-order valence-corrected chi connectivity index (χ2v) is 9.04. The molecule has 1 amide bonds. The Balaban J connectivity index is 1.48. The van der Waals surface area contributed by atoms with Gasteiger partial charge in [-0.1, -0.05) is 27.7 Å². The number of halogens is 1. The van der Waals surface area contributed by atoms with Gasteiger partial charge in [0.25, 0.3) is 11.6 Å². The van der Waals surface area contributed by atoms with Crippen LogP contribution in [-0.4, -0.2) is 42.0 Å². The molecule has 0 bridgehead atoms. The number of non-ortho nitro benzene ring substituents is 1. The first-order chi connectivity index (χ1) is 16.9. The lowest BCUT2D eigenvalue weighted by Crippen LogP contribution is -2.21. The van der Waals surface area contributed by atoms with Gasteiger partial charge in [-0.3, -0.25) is 24.5 Å². The van der Waals surface area contributed by atoms with E-state index in [1.807, 2.05) is 41.0 Å². The van der Waals surface area contributed by atoms with Gasteiger partial charge in [0.15, 0.2) is 11.0 Å². The van der Waals surface area contributed by atoms with Crippen LogP contribution in [0.4, 0.5) is 5.69 Å². The molecule has 0 aliphatic rings. The van der Waals surface area contributed by atoms with E-state index in [9.17, 15) is 14.9 Å². The topological polar surface area (TPSA) is 128 Å². The molecule has 0 saturated carbocycles. The third-order valence-electron chi connectivity index (χ3n) is 4.83. The maximum atomic E-state index is 12.5. The minimum atomic E-state index is -0.470. The standard InChI is InChI=1S/C23H18BrN7O3S/c1-15(16-2-6-20(7-3-16)31(33)34)26-27-21(32)14-35-23-29-28-22(17-10-12-25-13-11-17)30(23)19-8-4-18(24)5-9-19/h2-13H,14H2,1H3,(H,27,32)/b26-15-. The Labute approximate surface area is 212 Å². The van der Waals surface area contributed by atoms with Crippen molar-refractivity contribution >= 4 is 45.0 Å². The fraction of sp³-hybridized carbons (Fsp3) is 0.0870. The first-order valence-corrected chi connectivity index (χ1v) is 12.0. The zero-order chi connectivity index (χ0) is 24.8. The lowest BCUT2D eigenvalue weighted by atomic mass is 10.1. The summed E-state index contributed by atoms with van der Waals surface area (Å²) in [5, 5.41) is 24.1. The molecule has 10 nitrogen and oxygen atoms in total. The molecule has 0 spiro atoms. The van der Waals surface area contributed by atoms with Gasteiger partial charge in [-0.15, -0.1) is 10.2 Å². The number of carbonyl (C=O) groups is 1. The molecule has 4 rings (SSSR count). The fourth-order valence-corrected chi connectivity index (χ4v) is 4.08. The van der Waals surface area contributed by atoms with Crippen molar-refractivity contribution in [3.05, 3.63) is 93.2 Å². The molecule has 2 aromatic heterocycles. The van der Waals surface area contributed by atoms with Gasteiger partial charge in [0.05, 0.1) is 16.4 Å². The Morgan fingerprint density at radius 1 is 1.09 bits per heavy atom. The summed E-state index contributed by atoms with van der Waals surface area (Å²) in [6, 6.07) is 17.3. The number of nitrogens with one attached hydrogen (secondary N) is 1. The number of aromatic nitrogens is 4. The number of nitro benzene ring substituents is 1. The average molecular weight is 552 g/mol. The third kappa shape index (κ3) is 5.97. The Morgan fingerprint density at radius 2 is 1.77 bits per heavy atom. The summed E-state index contributed by atoms with van der Waals surface area (Å²) >= 11 is 4.67. The second-order valence-electron chi connectivity index (χ2n) is 7.18. The fourth-order valence-electron chi connectivity index (χ4n) is 3.07. The van der Waals surface area contributed by atoms with E-state index >= 15 is 0 Å². The summed E-state index contributed by atoms with van der Waals surface area (Å²) in [4.78, 5) is 26.8. The van der Waals surface area contributed by atoms with Crippen molar-refractivity contribution in [1.29, 1.82) is 0 Å². The van der Waals surface area contributed by atoms with Crippen LogP contribution in [0.5, 0.6) is 0 Å².